The van der Waals surface area contributed by atoms with Crippen molar-refractivity contribution in [3.05, 3.63) is 0 Å². The summed E-state index contributed by atoms with van der Waals surface area (Å²) < 4.78 is 0. The fourth-order valence-electron chi connectivity index (χ4n) is 4.28. The molecule has 2 atom stereocenters. The van der Waals surface area contributed by atoms with Crippen molar-refractivity contribution in [3.63, 3.8) is 0 Å². The van der Waals surface area contributed by atoms with Crippen LogP contribution in [0.4, 0.5) is 0 Å². The number of likely N-dealkylation sites (tertiary alicyclic amines) is 1. The second kappa shape index (κ2) is 5.00. The molecule has 114 valence electrons. The maximum absolute atomic E-state index is 11.1. The van der Waals surface area contributed by atoms with E-state index in [-0.39, 0.29) is 0 Å². The minimum Gasteiger partial charge on any atom is -0.387 e. The fourth-order valence-corrected chi connectivity index (χ4v) is 4.28. The Labute approximate surface area is 124 Å². The summed E-state index contributed by atoms with van der Waals surface area (Å²) in [6.45, 7) is 9.65. The van der Waals surface area contributed by atoms with Gasteiger partial charge in [-0.15, -0.1) is 0 Å². The Bertz CT molecular complexity index is 386. The summed E-state index contributed by atoms with van der Waals surface area (Å²) >= 11 is 0. The lowest BCUT2D eigenvalue weighted by atomic mass is 9.58. The van der Waals surface area contributed by atoms with E-state index in [0.717, 1.165) is 32.1 Å². The Morgan fingerprint density at radius 1 is 1.25 bits per heavy atom. The van der Waals surface area contributed by atoms with Crippen LogP contribution in [0.3, 0.4) is 0 Å². The van der Waals surface area contributed by atoms with Gasteiger partial charge in [0, 0.05) is 12.6 Å². The van der Waals surface area contributed by atoms with Crippen LogP contribution in [0.5, 0.6) is 0 Å². The molecule has 0 aromatic heterocycles. The zero-order valence-corrected chi connectivity index (χ0v) is 13.7. The number of aliphatic hydroxyl groups is 1. The van der Waals surface area contributed by atoms with Gasteiger partial charge in [-0.05, 0) is 57.4 Å². The summed E-state index contributed by atoms with van der Waals surface area (Å²) in [5.41, 5.74) is -1.05. The van der Waals surface area contributed by atoms with E-state index in [1.165, 1.54) is 0 Å². The molecule has 2 unspecified atom stereocenters. The highest BCUT2D eigenvalue weighted by atomic mass is 16.3. The molecule has 3 heteroatoms. The Kier molecular flexibility index (Phi) is 3.95. The van der Waals surface area contributed by atoms with Crippen molar-refractivity contribution in [1.29, 1.82) is 5.26 Å². The van der Waals surface area contributed by atoms with Crippen molar-refractivity contribution >= 4 is 0 Å². The van der Waals surface area contributed by atoms with Gasteiger partial charge in [-0.1, -0.05) is 20.8 Å². The molecule has 0 bridgehead atoms. The van der Waals surface area contributed by atoms with Gasteiger partial charge in [0.1, 0.15) is 0 Å². The summed E-state index contributed by atoms with van der Waals surface area (Å²) in [5.74, 6) is 0.670. The van der Waals surface area contributed by atoms with Crippen molar-refractivity contribution in [1.82, 2.24) is 4.90 Å². The van der Waals surface area contributed by atoms with E-state index < -0.39 is 11.0 Å². The van der Waals surface area contributed by atoms with E-state index in [1.54, 1.807) is 0 Å². The van der Waals surface area contributed by atoms with Gasteiger partial charge in [-0.3, -0.25) is 0 Å². The third-order valence-corrected chi connectivity index (χ3v) is 6.07. The standard InChI is InChI=1S/C17H30N2O/c1-13-10-17(20,12-19(13)5)16(11-18)8-6-14(7-9-16)15(2,3)4/h13-14,20H,6-10,12H2,1-5H3. The molecule has 2 fully saturated rings. The van der Waals surface area contributed by atoms with E-state index >= 15 is 0 Å². The lowest BCUT2D eigenvalue weighted by Gasteiger charge is -2.47. The minimum absolute atomic E-state index is 0.310. The summed E-state index contributed by atoms with van der Waals surface area (Å²) in [6.07, 6.45) is 4.57. The van der Waals surface area contributed by atoms with Crippen LogP contribution in [0.1, 0.15) is 59.8 Å². The van der Waals surface area contributed by atoms with E-state index in [4.69, 9.17) is 0 Å². The van der Waals surface area contributed by atoms with Gasteiger partial charge in [0.25, 0.3) is 0 Å². The average Bonchev–Trinajstić information content (AvgIpc) is 2.63. The Morgan fingerprint density at radius 3 is 2.15 bits per heavy atom. The normalized spacial score (nSPS) is 43.5. The van der Waals surface area contributed by atoms with Crippen molar-refractivity contribution in [2.75, 3.05) is 13.6 Å². The van der Waals surface area contributed by atoms with Crippen molar-refractivity contribution < 1.29 is 5.11 Å². The van der Waals surface area contributed by atoms with Crippen LogP contribution in [0.2, 0.25) is 0 Å². The first-order valence-electron chi connectivity index (χ1n) is 7.97. The van der Waals surface area contributed by atoms with Gasteiger partial charge in [-0.2, -0.15) is 5.26 Å². The van der Waals surface area contributed by atoms with Crippen LogP contribution in [-0.4, -0.2) is 35.2 Å². The molecule has 1 saturated carbocycles. The average molecular weight is 278 g/mol. The van der Waals surface area contributed by atoms with Crippen molar-refractivity contribution in [3.8, 4) is 6.07 Å². The molecule has 0 radical (unpaired) electrons. The molecule has 0 aromatic rings. The molecule has 1 heterocycles. The Balaban J connectivity index is 2.16. The summed E-state index contributed by atoms with van der Waals surface area (Å²) in [6, 6.07) is 2.90. The number of likely N-dealkylation sites (N-methyl/N-ethyl adjacent to an activating group) is 1. The van der Waals surface area contributed by atoms with Gasteiger partial charge in [0.2, 0.25) is 0 Å². The van der Waals surface area contributed by atoms with Gasteiger partial charge < -0.3 is 10.0 Å². The zero-order valence-electron chi connectivity index (χ0n) is 13.7. The quantitative estimate of drug-likeness (QED) is 0.801. The highest BCUT2D eigenvalue weighted by Gasteiger charge is 2.56. The second-order valence-corrected chi connectivity index (χ2v) is 8.33. The van der Waals surface area contributed by atoms with E-state index in [1.807, 2.05) is 0 Å². The number of rotatable bonds is 1. The molecule has 1 saturated heterocycles. The molecule has 1 aliphatic carbocycles. The predicted octanol–water partition coefficient (Wildman–Crippen LogP) is 3.19. The molecular formula is C17H30N2O. The number of nitriles is 1. The highest BCUT2D eigenvalue weighted by Crippen LogP contribution is 2.53. The Hall–Kier alpha value is -0.590. The number of hydrogen-bond donors (Lipinski definition) is 1. The lowest BCUT2D eigenvalue weighted by Crippen LogP contribution is -2.51. The smallest absolute Gasteiger partial charge is 0.0974 e. The number of β-amino-alcohol motifs (C(OH)–C–C–N with tert-alkyl or cyclic N) is 1. The molecule has 20 heavy (non-hydrogen) atoms. The van der Waals surface area contributed by atoms with E-state index in [9.17, 15) is 10.4 Å². The summed E-state index contributed by atoms with van der Waals surface area (Å²) in [5, 5.41) is 20.9. The topological polar surface area (TPSA) is 47.3 Å². The predicted molar refractivity (Wildman–Crippen MR) is 81.1 cm³/mol. The largest absolute Gasteiger partial charge is 0.387 e. The van der Waals surface area contributed by atoms with Gasteiger partial charge >= 0.3 is 0 Å². The Morgan fingerprint density at radius 2 is 1.80 bits per heavy atom. The van der Waals surface area contributed by atoms with Crippen LogP contribution >= 0.6 is 0 Å². The molecule has 2 rings (SSSR count). The van der Waals surface area contributed by atoms with Crippen LogP contribution in [0, 0.1) is 28.1 Å². The molecule has 0 amide bonds. The molecule has 3 nitrogen and oxygen atoms in total. The van der Waals surface area contributed by atoms with E-state index in [0.29, 0.717) is 23.9 Å². The lowest BCUT2D eigenvalue weighted by molar-refractivity contribution is -0.0748. The molecule has 0 aromatic carbocycles. The molecule has 2 aliphatic rings. The van der Waals surface area contributed by atoms with Gasteiger partial charge in [0.15, 0.2) is 0 Å². The fraction of sp³-hybridized carbons (Fsp3) is 0.941. The molecule has 0 spiro atoms. The maximum Gasteiger partial charge on any atom is 0.0974 e. The first-order valence-corrected chi connectivity index (χ1v) is 7.97. The van der Waals surface area contributed by atoms with Crippen molar-refractivity contribution in [2.24, 2.45) is 16.7 Å². The molecular weight excluding hydrogens is 248 g/mol. The highest BCUT2D eigenvalue weighted by molar-refractivity contribution is 5.17. The first-order chi connectivity index (χ1) is 9.13. The monoisotopic (exact) mass is 278 g/mol. The number of hydrogen-bond acceptors (Lipinski definition) is 3. The maximum atomic E-state index is 11.1. The van der Waals surface area contributed by atoms with Gasteiger partial charge in [0.05, 0.1) is 17.1 Å². The first kappa shape index (κ1) is 15.8. The summed E-state index contributed by atoms with van der Waals surface area (Å²) in [4.78, 5) is 2.19. The van der Waals surface area contributed by atoms with Crippen LogP contribution in [0.25, 0.3) is 0 Å². The van der Waals surface area contributed by atoms with E-state index in [2.05, 4.69) is 45.7 Å². The van der Waals surface area contributed by atoms with Gasteiger partial charge in [-0.25, -0.2) is 0 Å². The SMILES string of the molecule is CC1CC(O)(C2(C#N)CCC(C(C)(C)C)CC2)CN1C. The third-order valence-electron chi connectivity index (χ3n) is 6.07. The van der Waals surface area contributed by atoms with Crippen LogP contribution in [-0.2, 0) is 0 Å². The second-order valence-electron chi connectivity index (χ2n) is 8.33. The number of nitrogens with zero attached hydrogens (tertiary/aromatic N) is 2. The van der Waals surface area contributed by atoms with Crippen LogP contribution in [0.15, 0.2) is 0 Å². The minimum atomic E-state index is -0.821. The molecule has 1 N–H and O–H groups in total. The van der Waals surface area contributed by atoms with Crippen molar-refractivity contribution in [2.45, 2.75) is 71.4 Å². The zero-order chi connectivity index (χ0) is 15.2. The summed E-state index contributed by atoms with van der Waals surface area (Å²) in [7, 11) is 2.05. The third kappa shape index (κ3) is 2.49. The van der Waals surface area contributed by atoms with Crippen LogP contribution < -0.4 is 0 Å². The molecule has 1 aliphatic heterocycles.